The average Bonchev–Trinajstić information content (AvgIpc) is 2.09. The van der Waals surface area contributed by atoms with Crippen LogP contribution in [0.25, 0.3) is 0 Å². The van der Waals surface area contributed by atoms with Crippen molar-refractivity contribution in [3.05, 3.63) is 29.6 Å². The second-order valence-electron chi connectivity index (χ2n) is 3.22. The van der Waals surface area contributed by atoms with E-state index in [1.54, 1.807) is 0 Å². The van der Waals surface area contributed by atoms with Crippen LogP contribution < -0.4 is 0 Å². The highest BCUT2D eigenvalue weighted by Gasteiger charge is 1.96. The van der Waals surface area contributed by atoms with Crippen molar-refractivity contribution in [2.75, 3.05) is 0 Å². The third-order valence-electron chi connectivity index (χ3n) is 2.13. The maximum absolute atomic E-state index is 4.35. The summed E-state index contributed by atoms with van der Waals surface area (Å²) < 4.78 is 0. The highest BCUT2D eigenvalue weighted by atomic mass is 14.7. The molecule has 0 radical (unpaired) electrons. The van der Waals surface area contributed by atoms with Crippen LogP contribution in [-0.4, -0.2) is 4.98 Å². The first-order valence-electron chi connectivity index (χ1n) is 4.75. The number of hydrogen-bond donors (Lipinski definition) is 0. The molecule has 66 valence electrons. The first-order chi connectivity index (χ1) is 5.84. The van der Waals surface area contributed by atoms with E-state index in [-0.39, 0.29) is 0 Å². The fourth-order valence-corrected chi connectivity index (χ4v) is 1.32. The van der Waals surface area contributed by atoms with Gasteiger partial charge in [-0.25, -0.2) is 0 Å². The molecule has 1 heterocycles. The van der Waals surface area contributed by atoms with Crippen LogP contribution in [0.5, 0.6) is 0 Å². The van der Waals surface area contributed by atoms with E-state index in [0.29, 0.717) is 0 Å². The summed E-state index contributed by atoms with van der Waals surface area (Å²) in [6.45, 7) is 4.36. The van der Waals surface area contributed by atoms with Crippen molar-refractivity contribution in [3.63, 3.8) is 0 Å². The maximum Gasteiger partial charge on any atom is 0.0432 e. The van der Waals surface area contributed by atoms with Crippen molar-refractivity contribution in [1.82, 2.24) is 4.98 Å². The summed E-state index contributed by atoms with van der Waals surface area (Å²) in [5.41, 5.74) is 2.60. The Bertz CT molecular complexity index is 230. The minimum Gasteiger partial charge on any atom is -0.261 e. The fraction of sp³-hybridized carbons (Fsp3) is 0.545. The molecule has 1 heteroatoms. The molecule has 1 aromatic heterocycles. The van der Waals surface area contributed by atoms with Crippen LogP contribution >= 0.6 is 0 Å². The standard InChI is InChI=1S/C11H17N/c1-3-4-5-8-11-10(2)7-6-9-12-11/h6-7,9H,3-5,8H2,1-2H3. The minimum absolute atomic E-state index is 1.14. The lowest BCUT2D eigenvalue weighted by Crippen LogP contribution is -1.92. The molecule has 12 heavy (non-hydrogen) atoms. The van der Waals surface area contributed by atoms with E-state index in [1.807, 2.05) is 12.3 Å². The molecule has 1 nitrogen and oxygen atoms in total. The molecule has 1 rings (SSSR count). The first kappa shape index (κ1) is 9.24. The topological polar surface area (TPSA) is 12.9 Å². The summed E-state index contributed by atoms with van der Waals surface area (Å²) in [5, 5.41) is 0. The zero-order valence-electron chi connectivity index (χ0n) is 8.01. The van der Waals surface area contributed by atoms with Gasteiger partial charge >= 0.3 is 0 Å². The third-order valence-corrected chi connectivity index (χ3v) is 2.13. The number of rotatable bonds is 4. The molecular weight excluding hydrogens is 146 g/mol. The molecule has 1 aromatic rings. The zero-order valence-corrected chi connectivity index (χ0v) is 8.01. The van der Waals surface area contributed by atoms with Crippen LogP contribution in [0.15, 0.2) is 18.3 Å². The Morgan fingerprint density at radius 1 is 1.33 bits per heavy atom. The molecule has 0 saturated carbocycles. The van der Waals surface area contributed by atoms with Crippen LogP contribution in [0.1, 0.15) is 37.4 Å². The van der Waals surface area contributed by atoms with Gasteiger partial charge in [-0.05, 0) is 31.4 Å². The van der Waals surface area contributed by atoms with Crippen molar-refractivity contribution in [2.45, 2.75) is 39.5 Å². The molecule has 0 aliphatic heterocycles. The predicted octanol–water partition coefficient (Wildman–Crippen LogP) is 3.12. The molecule has 0 N–H and O–H groups in total. The highest BCUT2D eigenvalue weighted by Crippen LogP contribution is 2.07. The lowest BCUT2D eigenvalue weighted by molar-refractivity contribution is 0.704. The smallest absolute Gasteiger partial charge is 0.0432 e. The summed E-state index contributed by atoms with van der Waals surface area (Å²) in [7, 11) is 0. The minimum atomic E-state index is 1.14. The summed E-state index contributed by atoms with van der Waals surface area (Å²) in [4.78, 5) is 4.35. The Morgan fingerprint density at radius 2 is 2.17 bits per heavy atom. The Kier molecular flexibility index (Phi) is 3.78. The largest absolute Gasteiger partial charge is 0.261 e. The van der Waals surface area contributed by atoms with Crippen molar-refractivity contribution in [2.24, 2.45) is 0 Å². The van der Waals surface area contributed by atoms with Gasteiger partial charge in [0, 0.05) is 11.9 Å². The summed E-state index contributed by atoms with van der Waals surface area (Å²) in [6.07, 6.45) is 6.89. The fourth-order valence-electron chi connectivity index (χ4n) is 1.32. The number of aryl methyl sites for hydroxylation is 2. The van der Waals surface area contributed by atoms with Crippen LogP contribution in [0.4, 0.5) is 0 Å². The first-order valence-corrected chi connectivity index (χ1v) is 4.75. The average molecular weight is 163 g/mol. The van der Waals surface area contributed by atoms with Crippen LogP contribution in [0.2, 0.25) is 0 Å². The Morgan fingerprint density at radius 3 is 2.83 bits per heavy atom. The van der Waals surface area contributed by atoms with Crippen LogP contribution in [-0.2, 0) is 6.42 Å². The SMILES string of the molecule is CCCCCc1ncccc1C. The number of hydrogen-bond acceptors (Lipinski definition) is 1. The van der Waals surface area contributed by atoms with Gasteiger partial charge < -0.3 is 0 Å². The van der Waals surface area contributed by atoms with Gasteiger partial charge in [-0.1, -0.05) is 25.8 Å². The lowest BCUT2D eigenvalue weighted by Gasteiger charge is -2.02. The van der Waals surface area contributed by atoms with E-state index in [1.165, 1.54) is 30.5 Å². The van der Waals surface area contributed by atoms with E-state index in [4.69, 9.17) is 0 Å². The molecule has 0 aliphatic carbocycles. The van der Waals surface area contributed by atoms with E-state index < -0.39 is 0 Å². The lowest BCUT2D eigenvalue weighted by atomic mass is 10.1. The molecule has 0 atom stereocenters. The third kappa shape index (κ3) is 2.65. The Labute approximate surface area is 74.8 Å². The van der Waals surface area contributed by atoms with Crippen LogP contribution in [0, 0.1) is 6.92 Å². The van der Waals surface area contributed by atoms with Gasteiger partial charge in [0.05, 0.1) is 0 Å². The van der Waals surface area contributed by atoms with Crippen molar-refractivity contribution >= 4 is 0 Å². The number of aromatic nitrogens is 1. The quantitative estimate of drug-likeness (QED) is 0.621. The summed E-state index contributed by atoms with van der Waals surface area (Å²) in [5.74, 6) is 0. The van der Waals surface area contributed by atoms with Gasteiger partial charge in [0.1, 0.15) is 0 Å². The Hall–Kier alpha value is -0.850. The second-order valence-corrected chi connectivity index (χ2v) is 3.22. The zero-order chi connectivity index (χ0) is 8.81. The van der Waals surface area contributed by atoms with Gasteiger partial charge in [0.2, 0.25) is 0 Å². The van der Waals surface area contributed by atoms with Gasteiger partial charge in [-0.15, -0.1) is 0 Å². The molecule has 0 bridgehead atoms. The molecule has 0 fully saturated rings. The maximum atomic E-state index is 4.35. The number of nitrogens with zero attached hydrogens (tertiary/aromatic N) is 1. The molecule has 0 aliphatic rings. The van der Waals surface area contributed by atoms with E-state index in [9.17, 15) is 0 Å². The van der Waals surface area contributed by atoms with E-state index in [2.05, 4.69) is 24.9 Å². The van der Waals surface area contributed by atoms with Crippen molar-refractivity contribution < 1.29 is 0 Å². The summed E-state index contributed by atoms with van der Waals surface area (Å²) >= 11 is 0. The van der Waals surface area contributed by atoms with Gasteiger partial charge in [-0.2, -0.15) is 0 Å². The Balaban J connectivity index is 2.46. The molecule has 0 aromatic carbocycles. The molecule has 0 unspecified atom stereocenters. The predicted molar refractivity (Wildman–Crippen MR) is 52.2 cm³/mol. The monoisotopic (exact) mass is 163 g/mol. The molecule has 0 saturated heterocycles. The van der Waals surface area contributed by atoms with Gasteiger partial charge in [-0.3, -0.25) is 4.98 Å². The number of unbranched alkanes of at least 4 members (excludes halogenated alkanes) is 2. The highest BCUT2D eigenvalue weighted by molar-refractivity contribution is 5.17. The summed E-state index contributed by atoms with van der Waals surface area (Å²) in [6, 6.07) is 4.13. The van der Waals surface area contributed by atoms with E-state index in [0.717, 1.165) is 6.42 Å². The second kappa shape index (κ2) is 4.91. The molecule has 0 amide bonds. The van der Waals surface area contributed by atoms with Gasteiger partial charge in [0.25, 0.3) is 0 Å². The molecule has 0 spiro atoms. The normalized spacial score (nSPS) is 10.2. The van der Waals surface area contributed by atoms with Crippen molar-refractivity contribution in [3.8, 4) is 0 Å². The van der Waals surface area contributed by atoms with Gasteiger partial charge in [0.15, 0.2) is 0 Å². The molecular formula is C11H17N. The van der Waals surface area contributed by atoms with E-state index >= 15 is 0 Å². The van der Waals surface area contributed by atoms with Crippen LogP contribution in [0.3, 0.4) is 0 Å². The number of pyridine rings is 1. The van der Waals surface area contributed by atoms with Crippen molar-refractivity contribution in [1.29, 1.82) is 0 Å².